The molecule has 0 amide bonds. The first-order valence-electron chi connectivity index (χ1n) is 5.33. The van der Waals surface area contributed by atoms with Crippen LogP contribution in [-0.2, 0) is 11.8 Å². The van der Waals surface area contributed by atoms with Gasteiger partial charge in [-0.1, -0.05) is 45.0 Å². The Hall–Kier alpha value is -0.530. The topological polar surface area (TPSA) is 26.0 Å². The SMILES string of the molecule is CC(C)(C)c1cccc(CCCN)c1.Cl. The maximum absolute atomic E-state index is 5.50. The molecule has 2 heteroatoms. The van der Waals surface area contributed by atoms with Crippen LogP contribution in [0.4, 0.5) is 0 Å². The van der Waals surface area contributed by atoms with E-state index in [9.17, 15) is 0 Å². The van der Waals surface area contributed by atoms with E-state index in [1.165, 1.54) is 11.1 Å². The number of benzene rings is 1. The average molecular weight is 228 g/mol. The van der Waals surface area contributed by atoms with Crippen molar-refractivity contribution < 1.29 is 0 Å². The summed E-state index contributed by atoms with van der Waals surface area (Å²) in [5.41, 5.74) is 8.56. The smallest absolute Gasteiger partial charge is 0.00741 e. The molecule has 0 fully saturated rings. The van der Waals surface area contributed by atoms with E-state index in [-0.39, 0.29) is 17.8 Å². The van der Waals surface area contributed by atoms with Crippen molar-refractivity contribution in [1.82, 2.24) is 0 Å². The molecule has 1 rings (SSSR count). The van der Waals surface area contributed by atoms with Crippen LogP contribution in [0.25, 0.3) is 0 Å². The second-order valence-corrected chi connectivity index (χ2v) is 4.84. The maximum atomic E-state index is 5.50. The number of hydrogen-bond donors (Lipinski definition) is 1. The lowest BCUT2D eigenvalue weighted by Gasteiger charge is -2.19. The van der Waals surface area contributed by atoms with Gasteiger partial charge in [-0.25, -0.2) is 0 Å². The zero-order valence-electron chi connectivity index (χ0n) is 9.92. The van der Waals surface area contributed by atoms with Gasteiger partial charge in [0.2, 0.25) is 0 Å². The molecular weight excluding hydrogens is 206 g/mol. The molecule has 1 aromatic carbocycles. The van der Waals surface area contributed by atoms with E-state index in [1.807, 2.05) is 0 Å². The number of halogens is 1. The minimum Gasteiger partial charge on any atom is -0.330 e. The number of aryl methyl sites for hydroxylation is 1. The molecule has 0 aliphatic carbocycles. The molecule has 0 aliphatic heterocycles. The monoisotopic (exact) mass is 227 g/mol. The predicted octanol–water partition coefficient (Wildman–Crippen LogP) is 3.30. The van der Waals surface area contributed by atoms with Crippen LogP contribution in [0, 0.1) is 0 Å². The standard InChI is InChI=1S/C13H21N.ClH/c1-13(2,3)12-8-4-6-11(10-12)7-5-9-14;/h4,6,8,10H,5,7,9,14H2,1-3H3;1H. The van der Waals surface area contributed by atoms with Crippen molar-refractivity contribution >= 4 is 12.4 Å². The molecule has 1 aromatic rings. The van der Waals surface area contributed by atoms with Gasteiger partial charge >= 0.3 is 0 Å². The van der Waals surface area contributed by atoms with E-state index in [1.54, 1.807) is 0 Å². The van der Waals surface area contributed by atoms with Gasteiger partial charge in [0.1, 0.15) is 0 Å². The van der Waals surface area contributed by atoms with Crippen molar-refractivity contribution in [3.63, 3.8) is 0 Å². The van der Waals surface area contributed by atoms with Gasteiger partial charge < -0.3 is 5.73 Å². The van der Waals surface area contributed by atoms with E-state index in [0.29, 0.717) is 0 Å². The van der Waals surface area contributed by atoms with Crippen LogP contribution in [0.15, 0.2) is 24.3 Å². The fourth-order valence-electron chi connectivity index (χ4n) is 1.50. The fraction of sp³-hybridized carbons (Fsp3) is 0.538. The third-order valence-electron chi connectivity index (χ3n) is 2.46. The Morgan fingerprint density at radius 1 is 1.20 bits per heavy atom. The normalized spacial score (nSPS) is 10.9. The van der Waals surface area contributed by atoms with Crippen molar-refractivity contribution in [2.24, 2.45) is 5.73 Å². The van der Waals surface area contributed by atoms with Crippen molar-refractivity contribution in [2.45, 2.75) is 39.0 Å². The summed E-state index contributed by atoms with van der Waals surface area (Å²) >= 11 is 0. The van der Waals surface area contributed by atoms with Gasteiger partial charge in [-0.2, -0.15) is 0 Å². The van der Waals surface area contributed by atoms with Crippen LogP contribution in [0.5, 0.6) is 0 Å². The van der Waals surface area contributed by atoms with Gasteiger partial charge in [0.15, 0.2) is 0 Å². The number of rotatable bonds is 3. The largest absolute Gasteiger partial charge is 0.330 e. The molecule has 0 radical (unpaired) electrons. The van der Waals surface area contributed by atoms with Crippen molar-refractivity contribution in [3.8, 4) is 0 Å². The van der Waals surface area contributed by atoms with E-state index in [2.05, 4.69) is 45.0 Å². The number of nitrogens with two attached hydrogens (primary N) is 1. The highest BCUT2D eigenvalue weighted by Crippen LogP contribution is 2.23. The molecule has 2 N–H and O–H groups in total. The Morgan fingerprint density at radius 2 is 1.87 bits per heavy atom. The molecule has 0 atom stereocenters. The van der Waals surface area contributed by atoms with Crippen LogP contribution in [0.1, 0.15) is 38.3 Å². The Morgan fingerprint density at radius 3 is 2.40 bits per heavy atom. The fourth-order valence-corrected chi connectivity index (χ4v) is 1.50. The molecule has 0 saturated carbocycles. The summed E-state index contributed by atoms with van der Waals surface area (Å²) < 4.78 is 0. The first kappa shape index (κ1) is 14.5. The summed E-state index contributed by atoms with van der Waals surface area (Å²) in [5.74, 6) is 0. The molecule has 0 spiro atoms. The van der Waals surface area contributed by atoms with Gasteiger partial charge in [-0.15, -0.1) is 12.4 Å². The summed E-state index contributed by atoms with van der Waals surface area (Å²) in [6.07, 6.45) is 2.17. The van der Waals surface area contributed by atoms with Crippen LogP contribution in [0.3, 0.4) is 0 Å². The van der Waals surface area contributed by atoms with E-state index in [0.717, 1.165) is 19.4 Å². The first-order valence-corrected chi connectivity index (χ1v) is 5.33. The van der Waals surface area contributed by atoms with Gasteiger partial charge in [0, 0.05) is 0 Å². The lowest BCUT2D eigenvalue weighted by Crippen LogP contribution is -2.11. The second-order valence-electron chi connectivity index (χ2n) is 4.84. The molecule has 0 aromatic heterocycles. The Kier molecular flexibility index (Phi) is 5.92. The molecule has 1 nitrogen and oxygen atoms in total. The summed E-state index contributed by atoms with van der Waals surface area (Å²) in [6.45, 7) is 7.51. The third-order valence-corrected chi connectivity index (χ3v) is 2.46. The zero-order chi connectivity index (χ0) is 10.6. The van der Waals surface area contributed by atoms with Crippen LogP contribution < -0.4 is 5.73 Å². The second kappa shape index (κ2) is 6.14. The van der Waals surface area contributed by atoms with Crippen molar-refractivity contribution in [3.05, 3.63) is 35.4 Å². The summed E-state index contributed by atoms with van der Waals surface area (Å²) in [4.78, 5) is 0. The molecule has 0 aliphatic rings. The molecule has 0 unspecified atom stereocenters. The van der Waals surface area contributed by atoms with Crippen LogP contribution >= 0.6 is 12.4 Å². The summed E-state index contributed by atoms with van der Waals surface area (Å²) in [6, 6.07) is 8.83. The molecule has 15 heavy (non-hydrogen) atoms. The quantitative estimate of drug-likeness (QED) is 0.843. The Labute approximate surface area is 99.5 Å². The highest BCUT2D eigenvalue weighted by molar-refractivity contribution is 5.85. The van der Waals surface area contributed by atoms with Gasteiger partial charge in [-0.3, -0.25) is 0 Å². The molecule has 0 bridgehead atoms. The van der Waals surface area contributed by atoms with Crippen LogP contribution in [-0.4, -0.2) is 6.54 Å². The van der Waals surface area contributed by atoms with E-state index < -0.39 is 0 Å². The van der Waals surface area contributed by atoms with Gasteiger partial charge in [0.25, 0.3) is 0 Å². The zero-order valence-corrected chi connectivity index (χ0v) is 10.7. The molecular formula is C13H22ClN. The van der Waals surface area contributed by atoms with Crippen molar-refractivity contribution in [2.75, 3.05) is 6.54 Å². The summed E-state index contributed by atoms with van der Waals surface area (Å²) in [7, 11) is 0. The van der Waals surface area contributed by atoms with Gasteiger partial charge in [-0.05, 0) is 35.9 Å². The van der Waals surface area contributed by atoms with Crippen molar-refractivity contribution in [1.29, 1.82) is 0 Å². The third kappa shape index (κ3) is 4.67. The Bertz CT molecular complexity index is 289. The van der Waals surface area contributed by atoms with E-state index >= 15 is 0 Å². The molecule has 0 heterocycles. The lowest BCUT2D eigenvalue weighted by molar-refractivity contribution is 0.589. The highest BCUT2D eigenvalue weighted by atomic mass is 35.5. The number of hydrogen-bond acceptors (Lipinski definition) is 1. The minimum absolute atomic E-state index is 0. The molecule has 86 valence electrons. The lowest BCUT2D eigenvalue weighted by atomic mass is 9.86. The highest BCUT2D eigenvalue weighted by Gasteiger charge is 2.13. The minimum atomic E-state index is 0. The predicted molar refractivity (Wildman–Crippen MR) is 69.8 cm³/mol. The maximum Gasteiger partial charge on any atom is -0.00741 e. The molecule has 0 saturated heterocycles. The first-order chi connectivity index (χ1) is 6.54. The van der Waals surface area contributed by atoms with E-state index in [4.69, 9.17) is 5.73 Å². The van der Waals surface area contributed by atoms with Crippen LogP contribution in [0.2, 0.25) is 0 Å². The van der Waals surface area contributed by atoms with Gasteiger partial charge in [0.05, 0.1) is 0 Å². The average Bonchev–Trinajstić information content (AvgIpc) is 2.14. The summed E-state index contributed by atoms with van der Waals surface area (Å²) in [5, 5.41) is 0. The Balaban J connectivity index is 0.00000196.